The monoisotopic (exact) mass is 1270 g/mol. The summed E-state index contributed by atoms with van der Waals surface area (Å²) in [6.45, 7) is 17.9. The molecule has 13 heteroatoms. The number of carbonyl (C=O) groups is 1. The molecule has 438 valence electrons. The van der Waals surface area contributed by atoms with Gasteiger partial charge in [0.25, 0.3) is 11.8 Å². The van der Waals surface area contributed by atoms with Crippen LogP contribution in [-0.2, 0) is 74.8 Å². The van der Waals surface area contributed by atoms with Crippen molar-refractivity contribution in [1.82, 2.24) is 0 Å². The second-order valence-electron chi connectivity index (χ2n) is 27.0. The summed E-state index contributed by atoms with van der Waals surface area (Å²) in [5.74, 6) is -2.81. The second-order valence-corrected chi connectivity index (χ2v) is 29.9. The number of carbonyl (C=O) groups excluding carboxylic acids is 1. The number of rotatable bonds is 15. The number of benzene rings is 2. The molecular formula is C66H99F4O6PY2. The molecule has 6 aliphatic carbocycles. The van der Waals surface area contributed by atoms with Crippen LogP contribution in [0.25, 0.3) is 0 Å². The van der Waals surface area contributed by atoms with E-state index in [1.807, 2.05) is 67.6 Å². The van der Waals surface area contributed by atoms with Crippen molar-refractivity contribution < 1.29 is 113 Å². The van der Waals surface area contributed by atoms with Gasteiger partial charge in [-0.05, 0) is 189 Å². The molecule has 8 rings (SSSR count). The quantitative estimate of drug-likeness (QED) is 0.0802. The molecule has 6 nitrogen and oxygen atoms in total. The Balaban J connectivity index is 0.000000256. The van der Waals surface area contributed by atoms with Crippen LogP contribution in [0.4, 0.5) is 17.6 Å². The Bertz CT molecular complexity index is 2320. The summed E-state index contributed by atoms with van der Waals surface area (Å²) in [6, 6.07) is 19.6. The Hall–Kier alpha value is -0.672. The number of aliphatic hydroxyl groups excluding tert-OH is 2. The third-order valence-electron chi connectivity index (χ3n) is 20.0. The Labute approximate surface area is 524 Å². The third-order valence-corrected chi connectivity index (χ3v) is 23.0. The van der Waals surface area contributed by atoms with E-state index in [0.717, 1.165) is 87.7 Å². The first-order valence-electron chi connectivity index (χ1n) is 29.8. The number of alkyl halides is 4. The number of Topliss-reactive ketones (excluding diaryl/α,β-unsaturated/α-hetero) is 1. The molecule has 12 atom stereocenters. The van der Waals surface area contributed by atoms with Crippen LogP contribution in [0.2, 0.25) is 0 Å². The molecule has 0 amide bonds. The molecule has 6 fully saturated rings. The van der Waals surface area contributed by atoms with E-state index in [4.69, 9.17) is 0 Å². The number of fused-ring (bicyclic) bond motifs is 2. The molecule has 0 saturated heterocycles. The van der Waals surface area contributed by atoms with Crippen LogP contribution < -0.4 is 10.6 Å². The average Bonchev–Trinajstić information content (AvgIpc) is 3.91. The van der Waals surface area contributed by atoms with Gasteiger partial charge in [0.1, 0.15) is 24.1 Å². The van der Waals surface area contributed by atoms with Crippen molar-refractivity contribution in [2.45, 2.75) is 233 Å². The summed E-state index contributed by atoms with van der Waals surface area (Å²) in [5.41, 5.74) is 0.384. The SMILES string of the molecule is C[C@@H]1C/C(=C/C=C2\CCC[C@@]3(C)C2CCC3[C@H](C)CCC(F)(F)C(C)(C)O)C[C@@H](O)C1.C[C@@H]1C/C(=C/CP(=O)(c2ccccc2)c2ccccc2)C[C@@H](O)C1.C[C@H](CCC(F)(F)C(C)(C)O)C1CC[C@H]2C(=O)CCC[C@]12C.[Y].[Y]. The predicted molar refractivity (Wildman–Crippen MR) is 308 cm³/mol. The molecule has 0 aliphatic heterocycles. The van der Waals surface area contributed by atoms with Crippen LogP contribution >= 0.6 is 7.14 Å². The topological polar surface area (TPSA) is 115 Å². The molecule has 0 spiro atoms. The van der Waals surface area contributed by atoms with Crippen molar-refractivity contribution in [3.63, 3.8) is 0 Å². The number of ketones is 1. The van der Waals surface area contributed by atoms with Gasteiger partial charge < -0.3 is 25.0 Å². The minimum atomic E-state index is -3.07. The van der Waals surface area contributed by atoms with E-state index in [-0.39, 0.29) is 119 Å². The molecule has 0 heterocycles. The minimum absolute atomic E-state index is 0. The fourth-order valence-corrected chi connectivity index (χ4v) is 17.9. The second kappa shape index (κ2) is 29.6. The zero-order valence-electron chi connectivity index (χ0n) is 49.8. The standard InChI is InChI=1S/C27H44F2O2.C21H25O2P.C18H30F2O2.2Y/c1-18-15-20(17-22(30)16-18)8-9-21-7-6-13-26(5)23(10-11-24(21)26)19(2)12-14-27(28,29)25(3,4)31;1-17-14-18(16-19(22)15-17)12-13-24(23,20-8-4-2-5-9-20)21-10-6-3-7-11-21;1-12(9-11-18(19,20)16(2,3)22)13-7-8-14-15(21)6-5-10-17(13,14)4;;/h8-9,18-19,22-24,30-31H,6-7,10-17H2,1-5H3;2-12,17,19,22H,13-16H2,1H3;12-14,22H,5-11H2,1-4H3;;/b20-8-,21-9+;18-12-;;;/t18-,19-,22+,23?,24?,26-;17-,19+;12-,13?,14+,17-;;/m111../s1. The smallest absolute Gasteiger partial charge is 0.275 e. The van der Waals surface area contributed by atoms with Gasteiger partial charge in [-0.15, -0.1) is 0 Å². The van der Waals surface area contributed by atoms with Crippen molar-refractivity contribution in [2.75, 3.05) is 6.16 Å². The largest absolute Gasteiger partial charge is 0.393 e. The Morgan fingerprint density at radius 3 is 1.51 bits per heavy atom. The zero-order chi connectivity index (χ0) is 56.8. The Morgan fingerprint density at radius 2 is 1.05 bits per heavy atom. The molecule has 2 aromatic carbocycles. The molecule has 6 aliphatic rings. The van der Waals surface area contributed by atoms with Gasteiger partial charge in [0.2, 0.25) is 0 Å². The van der Waals surface area contributed by atoms with Gasteiger partial charge in [-0.3, -0.25) is 4.79 Å². The summed E-state index contributed by atoms with van der Waals surface area (Å²) in [4.78, 5) is 12.1. The van der Waals surface area contributed by atoms with Crippen molar-refractivity contribution in [1.29, 1.82) is 0 Å². The number of hydrogen-bond donors (Lipinski definition) is 4. The van der Waals surface area contributed by atoms with Crippen molar-refractivity contribution in [3.05, 3.63) is 95.6 Å². The van der Waals surface area contributed by atoms with Gasteiger partial charge in [-0.25, -0.2) is 17.6 Å². The Morgan fingerprint density at radius 1 is 0.633 bits per heavy atom. The van der Waals surface area contributed by atoms with E-state index in [1.165, 1.54) is 57.3 Å². The molecule has 2 aromatic rings. The molecular weight excluding hydrogens is 1170 g/mol. The maximum absolute atomic E-state index is 14.3. The first-order chi connectivity index (χ1) is 35.9. The Kier molecular flexibility index (Phi) is 26.5. The fourth-order valence-electron chi connectivity index (χ4n) is 15.4. The zero-order valence-corrected chi connectivity index (χ0v) is 56.4. The van der Waals surface area contributed by atoms with Gasteiger partial charge in [0.05, 0.1) is 12.2 Å². The number of allylic oxidation sites excluding steroid dienone is 4. The molecule has 0 bridgehead atoms. The van der Waals surface area contributed by atoms with Gasteiger partial charge in [0, 0.05) is 107 Å². The van der Waals surface area contributed by atoms with Gasteiger partial charge in [-0.2, -0.15) is 0 Å². The molecule has 4 N–H and O–H groups in total. The normalized spacial score (nSPS) is 31.8. The molecule has 3 unspecified atom stereocenters. The van der Waals surface area contributed by atoms with Gasteiger partial charge >= 0.3 is 0 Å². The van der Waals surface area contributed by atoms with Crippen LogP contribution in [-0.4, -0.2) is 67.6 Å². The summed E-state index contributed by atoms with van der Waals surface area (Å²) in [5, 5.41) is 41.3. The van der Waals surface area contributed by atoms with Gasteiger partial charge in [0.15, 0.2) is 0 Å². The van der Waals surface area contributed by atoms with E-state index in [1.54, 1.807) is 0 Å². The predicted octanol–water partition coefficient (Wildman–Crippen LogP) is 15.8. The molecule has 79 heavy (non-hydrogen) atoms. The molecule has 6 saturated carbocycles. The molecule has 2 radical (unpaired) electrons. The fraction of sp³-hybridized carbons (Fsp3) is 0.712. The maximum atomic E-state index is 14.3. The summed E-state index contributed by atoms with van der Waals surface area (Å²) < 4.78 is 70.5. The summed E-state index contributed by atoms with van der Waals surface area (Å²) >= 11 is 0. The summed E-state index contributed by atoms with van der Waals surface area (Å²) in [6.07, 6.45) is 22.8. The van der Waals surface area contributed by atoms with Gasteiger partial charge in [-0.1, -0.05) is 137 Å². The third kappa shape index (κ3) is 18.0. The first-order valence-corrected chi connectivity index (χ1v) is 31.6. The van der Waals surface area contributed by atoms with Crippen LogP contribution in [0.5, 0.6) is 0 Å². The number of hydrogen-bond acceptors (Lipinski definition) is 6. The van der Waals surface area contributed by atoms with Crippen LogP contribution in [0.15, 0.2) is 95.6 Å². The van der Waals surface area contributed by atoms with Crippen molar-refractivity contribution in [2.24, 2.45) is 58.2 Å². The van der Waals surface area contributed by atoms with E-state index >= 15 is 0 Å². The average molecular weight is 1270 g/mol. The maximum Gasteiger partial charge on any atom is 0.275 e. The van der Waals surface area contributed by atoms with E-state index < -0.39 is 30.2 Å². The number of aliphatic hydroxyl groups is 4. The van der Waals surface area contributed by atoms with E-state index in [2.05, 4.69) is 52.8 Å². The van der Waals surface area contributed by atoms with Crippen molar-refractivity contribution in [3.8, 4) is 0 Å². The van der Waals surface area contributed by atoms with Crippen LogP contribution in [0.3, 0.4) is 0 Å². The number of halogens is 4. The van der Waals surface area contributed by atoms with Crippen LogP contribution in [0, 0.1) is 58.2 Å². The van der Waals surface area contributed by atoms with Crippen LogP contribution in [0.1, 0.15) is 198 Å². The van der Waals surface area contributed by atoms with E-state index in [9.17, 15) is 47.3 Å². The van der Waals surface area contributed by atoms with E-state index in [0.29, 0.717) is 67.2 Å². The molecule has 0 aromatic heterocycles. The minimum Gasteiger partial charge on any atom is -0.393 e. The summed E-state index contributed by atoms with van der Waals surface area (Å²) in [7, 11) is -2.69. The first kappa shape index (κ1) is 70.8. The van der Waals surface area contributed by atoms with Crippen molar-refractivity contribution >= 4 is 23.5 Å².